The van der Waals surface area contributed by atoms with Crippen LogP contribution in [0.15, 0.2) is 41.2 Å². The number of nitrogens with zero attached hydrogens (tertiary/aromatic N) is 4. The number of thiophene rings is 1. The number of aromatic nitrogens is 2. The first-order chi connectivity index (χ1) is 11.3. The molecule has 2 unspecified atom stereocenters. The molecule has 1 aliphatic rings. The van der Waals surface area contributed by atoms with Crippen LogP contribution in [0.2, 0.25) is 0 Å². The van der Waals surface area contributed by atoms with Crippen molar-refractivity contribution >= 4 is 41.3 Å². The molecule has 1 N–H and O–H groups in total. The quantitative estimate of drug-likeness (QED) is 0.432. The lowest BCUT2D eigenvalue weighted by molar-refractivity contribution is 0.189. The first kappa shape index (κ1) is 19.2. The number of nitrogens with one attached hydrogen (secondary N) is 1. The topological polar surface area (TPSA) is 45.5 Å². The predicted molar refractivity (Wildman–Crippen MR) is 111 cm³/mol. The van der Waals surface area contributed by atoms with Crippen LogP contribution < -0.4 is 5.32 Å². The molecule has 1 saturated heterocycles. The number of hydrogen-bond donors (Lipinski definition) is 1. The Labute approximate surface area is 165 Å². The maximum absolute atomic E-state index is 4.84. The van der Waals surface area contributed by atoms with Gasteiger partial charge in [-0.3, -0.25) is 0 Å². The van der Waals surface area contributed by atoms with Gasteiger partial charge < -0.3 is 14.8 Å². The van der Waals surface area contributed by atoms with Crippen molar-refractivity contribution in [1.29, 1.82) is 0 Å². The SMILES string of the molecule is CCNC(=NCc1cccs1)N1CCC(C)C(n2ccnc2)C1.I. The molecule has 0 spiro atoms. The molecule has 5 nitrogen and oxygen atoms in total. The Hall–Kier alpha value is -1.09. The van der Waals surface area contributed by atoms with E-state index >= 15 is 0 Å². The Morgan fingerprint density at radius 3 is 3.04 bits per heavy atom. The first-order valence-corrected chi connectivity index (χ1v) is 9.19. The minimum absolute atomic E-state index is 0. The molecule has 132 valence electrons. The molecular formula is C17H26IN5S. The lowest BCUT2D eigenvalue weighted by Gasteiger charge is -2.39. The highest BCUT2D eigenvalue weighted by atomic mass is 127. The maximum Gasteiger partial charge on any atom is 0.194 e. The molecule has 0 saturated carbocycles. The third-order valence-corrected chi connectivity index (χ3v) is 5.29. The van der Waals surface area contributed by atoms with Gasteiger partial charge in [0.05, 0.1) is 18.9 Å². The number of hydrogen-bond acceptors (Lipinski definition) is 3. The van der Waals surface area contributed by atoms with Gasteiger partial charge in [0, 0.05) is 36.9 Å². The van der Waals surface area contributed by atoms with E-state index in [1.165, 1.54) is 11.3 Å². The van der Waals surface area contributed by atoms with Crippen molar-refractivity contribution in [2.24, 2.45) is 10.9 Å². The van der Waals surface area contributed by atoms with E-state index in [-0.39, 0.29) is 24.0 Å². The number of rotatable bonds is 4. The molecule has 2 aromatic rings. The van der Waals surface area contributed by atoms with Crippen LogP contribution in [0.4, 0.5) is 0 Å². The molecule has 0 aromatic carbocycles. The number of likely N-dealkylation sites (tertiary alicyclic amines) is 1. The van der Waals surface area contributed by atoms with Crippen LogP contribution >= 0.6 is 35.3 Å². The van der Waals surface area contributed by atoms with Gasteiger partial charge in [-0.1, -0.05) is 13.0 Å². The molecule has 3 heterocycles. The van der Waals surface area contributed by atoms with Crippen LogP contribution in [0.1, 0.15) is 31.2 Å². The Bertz CT molecular complexity index is 611. The monoisotopic (exact) mass is 459 g/mol. The second-order valence-corrected chi connectivity index (χ2v) is 7.07. The molecule has 7 heteroatoms. The molecule has 24 heavy (non-hydrogen) atoms. The summed E-state index contributed by atoms with van der Waals surface area (Å²) in [4.78, 5) is 12.7. The molecule has 0 bridgehead atoms. The molecule has 0 amide bonds. The number of guanidine groups is 1. The summed E-state index contributed by atoms with van der Waals surface area (Å²) in [5.74, 6) is 1.68. The van der Waals surface area contributed by atoms with Crippen molar-refractivity contribution < 1.29 is 0 Å². The van der Waals surface area contributed by atoms with Gasteiger partial charge in [0.2, 0.25) is 0 Å². The van der Waals surface area contributed by atoms with Gasteiger partial charge in [0.1, 0.15) is 0 Å². The maximum atomic E-state index is 4.84. The molecule has 2 aromatic heterocycles. The van der Waals surface area contributed by atoms with Crippen LogP contribution in [0.25, 0.3) is 0 Å². The van der Waals surface area contributed by atoms with Crippen molar-refractivity contribution in [1.82, 2.24) is 19.8 Å². The Kier molecular flexibility index (Phi) is 7.54. The van der Waals surface area contributed by atoms with E-state index in [1.807, 2.05) is 12.5 Å². The van der Waals surface area contributed by atoms with E-state index in [2.05, 4.69) is 57.3 Å². The van der Waals surface area contributed by atoms with Crippen molar-refractivity contribution in [3.8, 4) is 0 Å². The lowest BCUT2D eigenvalue weighted by Crippen LogP contribution is -2.49. The van der Waals surface area contributed by atoms with E-state index in [0.29, 0.717) is 12.0 Å². The van der Waals surface area contributed by atoms with Gasteiger partial charge in [-0.05, 0) is 30.7 Å². The van der Waals surface area contributed by atoms with Crippen molar-refractivity contribution in [3.05, 3.63) is 41.1 Å². The summed E-state index contributed by atoms with van der Waals surface area (Å²) in [5.41, 5.74) is 0. The fourth-order valence-electron chi connectivity index (χ4n) is 3.08. The van der Waals surface area contributed by atoms with Crippen LogP contribution in [-0.4, -0.2) is 40.0 Å². The highest BCUT2D eigenvalue weighted by Gasteiger charge is 2.28. The summed E-state index contributed by atoms with van der Waals surface area (Å²) in [6.45, 7) is 8.14. The second-order valence-electron chi connectivity index (χ2n) is 6.04. The van der Waals surface area contributed by atoms with Gasteiger partial charge in [0.25, 0.3) is 0 Å². The third-order valence-electron chi connectivity index (χ3n) is 4.43. The largest absolute Gasteiger partial charge is 0.357 e. The van der Waals surface area contributed by atoms with E-state index in [0.717, 1.165) is 32.1 Å². The summed E-state index contributed by atoms with van der Waals surface area (Å²) in [5, 5.41) is 5.56. The zero-order valence-electron chi connectivity index (χ0n) is 14.3. The Morgan fingerprint density at radius 2 is 2.38 bits per heavy atom. The first-order valence-electron chi connectivity index (χ1n) is 8.31. The van der Waals surface area contributed by atoms with Crippen molar-refractivity contribution in [2.75, 3.05) is 19.6 Å². The van der Waals surface area contributed by atoms with Crippen LogP contribution in [0, 0.1) is 5.92 Å². The minimum Gasteiger partial charge on any atom is -0.357 e. The predicted octanol–water partition coefficient (Wildman–Crippen LogP) is 3.61. The van der Waals surface area contributed by atoms with E-state index in [9.17, 15) is 0 Å². The molecule has 1 aliphatic heterocycles. The number of imidazole rings is 1. The highest BCUT2D eigenvalue weighted by Crippen LogP contribution is 2.27. The van der Waals surface area contributed by atoms with E-state index in [1.54, 1.807) is 11.3 Å². The smallest absolute Gasteiger partial charge is 0.194 e. The van der Waals surface area contributed by atoms with Gasteiger partial charge in [-0.2, -0.15) is 0 Å². The van der Waals surface area contributed by atoms with Crippen LogP contribution in [0.5, 0.6) is 0 Å². The van der Waals surface area contributed by atoms with Crippen molar-refractivity contribution in [3.63, 3.8) is 0 Å². The van der Waals surface area contributed by atoms with E-state index in [4.69, 9.17) is 4.99 Å². The van der Waals surface area contributed by atoms with Crippen molar-refractivity contribution in [2.45, 2.75) is 32.9 Å². The number of halogens is 1. The summed E-state index contributed by atoms with van der Waals surface area (Å²) in [6, 6.07) is 4.68. The van der Waals surface area contributed by atoms with Gasteiger partial charge >= 0.3 is 0 Å². The fraction of sp³-hybridized carbons (Fsp3) is 0.529. The van der Waals surface area contributed by atoms with Crippen LogP contribution in [-0.2, 0) is 6.54 Å². The normalized spacial score (nSPS) is 21.4. The van der Waals surface area contributed by atoms with Crippen LogP contribution in [0.3, 0.4) is 0 Å². The highest BCUT2D eigenvalue weighted by molar-refractivity contribution is 14.0. The zero-order chi connectivity index (χ0) is 16.1. The Morgan fingerprint density at radius 1 is 1.50 bits per heavy atom. The summed E-state index contributed by atoms with van der Waals surface area (Å²) >= 11 is 1.76. The molecule has 1 fully saturated rings. The van der Waals surface area contributed by atoms with Gasteiger partial charge in [-0.25, -0.2) is 9.98 Å². The summed E-state index contributed by atoms with van der Waals surface area (Å²) in [6.07, 6.45) is 7.04. The van der Waals surface area contributed by atoms with Gasteiger partial charge in [-0.15, -0.1) is 35.3 Å². The average Bonchev–Trinajstić information content (AvgIpc) is 3.25. The zero-order valence-corrected chi connectivity index (χ0v) is 17.4. The third kappa shape index (κ3) is 4.72. The second kappa shape index (κ2) is 9.41. The molecule has 2 atom stereocenters. The van der Waals surface area contributed by atoms with E-state index < -0.39 is 0 Å². The summed E-state index contributed by atoms with van der Waals surface area (Å²) < 4.78 is 2.24. The molecular weight excluding hydrogens is 433 g/mol. The fourth-order valence-corrected chi connectivity index (χ4v) is 3.70. The average molecular weight is 459 g/mol. The minimum atomic E-state index is 0. The standard InChI is InChI=1S/C17H25N5S.HI/c1-3-19-17(20-11-15-5-4-10-23-15)21-8-6-14(2)16(12-21)22-9-7-18-13-22;/h4-5,7,9-10,13-14,16H,3,6,8,11-12H2,1-2H3,(H,19,20);1H. The van der Waals surface area contributed by atoms with Gasteiger partial charge in [0.15, 0.2) is 5.96 Å². The number of piperidine rings is 1. The molecule has 0 radical (unpaired) electrons. The summed E-state index contributed by atoms with van der Waals surface area (Å²) in [7, 11) is 0. The Balaban J connectivity index is 0.00000208. The lowest BCUT2D eigenvalue weighted by atomic mass is 9.93. The molecule has 3 rings (SSSR count). The molecule has 0 aliphatic carbocycles. The number of aliphatic imine (C=N–C) groups is 1.